The standard InChI is InChI=1S/C14H27NO6/c1-3-14(17)12-21-11-10-20-9-8-19-7-6-18-5-4-15-13(2)16/h3-12H2,1-2H3,(H,15,16). The minimum Gasteiger partial charge on any atom is -0.377 e. The minimum atomic E-state index is -0.0601. The van der Waals surface area contributed by atoms with Crippen LogP contribution in [0.1, 0.15) is 20.3 Å². The molecule has 0 radical (unpaired) electrons. The van der Waals surface area contributed by atoms with Crippen LogP contribution in [-0.4, -0.2) is 71.1 Å². The van der Waals surface area contributed by atoms with E-state index in [0.29, 0.717) is 59.2 Å². The van der Waals surface area contributed by atoms with Crippen LogP contribution >= 0.6 is 0 Å². The van der Waals surface area contributed by atoms with Crippen molar-refractivity contribution in [3.05, 3.63) is 0 Å². The molecule has 0 heterocycles. The maximum Gasteiger partial charge on any atom is 0.216 e. The summed E-state index contributed by atoms with van der Waals surface area (Å²) >= 11 is 0. The Morgan fingerprint density at radius 2 is 1.29 bits per heavy atom. The fourth-order valence-corrected chi connectivity index (χ4v) is 1.25. The van der Waals surface area contributed by atoms with Crippen LogP contribution in [0.2, 0.25) is 0 Å². The molecule has 0 aromatic rings. The molecule has 0 saturated carbocycles. The van der Waals surface area contributed by atoms with Gasteiger partial charge in [0.25, 0.3) is 0 Å². The molecule has 0 aromatic carbocycles. The summed E-state index contributed by atoms with van der Waals surface area (Å²) in [5.74, 6) is 0.0341. The third-order valence-electron chi connectivity index (χ3n) is 2.39. The van der Waals surface area contributed by atoms with Gasteiger partial charge in [0.2, 0.25) is 5.91 Å². The van der Waals surface area contributed by atoms with E-state index in [1.54, 1.807) is 0 Å². The molecule has 0 aliphatic carbocycles. The molecule has 7 heteroatoms. The predicted molar refractivity (Wildman–Crippen MR) is 77.3 cm³/mol. The molecule has 0 fully saturated rings. The van der Waals surface area contributed by atoms with Gasteiger partial charge in [-0.2, -0.15) is 0 Å². The van der Waals surface area contributed by atoms with Gasteiger partial charge in [0.05, 0.1) is 46.2 Å². The third-order valence-corrected chi connectivity index (χ3v) is 2.39. The van der Waals surface area contributed by atoms with Gasteiger partial charge >= 0.3 is 0 Å². The van der Waals surface area contributed by atoms with Crippen LogP contribution in [0.15, 0.2) is 0 Å². The Labute approximate surface area is 126 Å². The van der Waals surface area contributed by atoms with Gasteiger partial charge in [-0.25, -0.2) is 0 Å². The molecule has 0 aliphatic heterocycles. The average Bonchev–Trinajstić information content (AvgIpc) is 2.46. The van der Waals surface area contributed by atoms with Gasteiger partial charge in [0.1, 0.15) is 6.61 Å². The summed E-state index contributed by atoms with van der Waals surface area (Å²) in [5.41, 5.74) is 0. The molecule has 0 bridgehead atoms. The summed E-state index contributed by atoms with van der Waals surface area (Å²) in [7, 11) is 0. The highest BCUT2D eigenvalue weighted by Gasteiger charge is 1.97. The number of carbonyl (C=O) groups is 2. The zero-order valence-corrected chi connectivity index (χ0v) is 13.0. The first-order valence-corrected chi connectivity index (χ1v) is 7.24. The van der Waals surface area contributed by atoms with E-state index in [2.05, 4.69) is 5.32 Å². The molecule has 0 aromatic heterocycles. The molecule has 124 valence electrons. The van der Waals surface area contributed by atoms with Crippen molar-refractivity contribution in [2.45, 2.75) is 20.3 Å². The normalized spacial score (nSPS) is 10.6. The molecular weight excluding hydrogens is 278 g/mol. The van der Waals surface area contributed by atoms with E-state index in [1.165, 1.54) is 6.92 Å². The summed E-state index contributed by atoms with van der Waals surface area (Å²) in [6, 6.07) is 0. The SMILES string of the molecule is CCC(=O)COCCOCCOCCOCCNC(C)=O. The monoisotopic (exact) mass is 305 g/mol. The maximum absolute atomic E-state index is 10.9. The van der Waals surface area contributed by atoms with Crippen molar-refractivity contribution in [2.75, 3.05) is 59.4 Å². The van der Waals surface area contributed by atoms with Crippen LogP contribution < -0.4 is 5.32 Å². The van der Waals surface area contributed by atoms with Crippen molar-refractivity contribution >= 4 is 11.7 Å². The van der Waals surface area contributed by atoms with E-state index in [1.807, 2.05) is 6.92 Å². The van der Waals surface area contributed by atoms with Gasteiger partial charge in [0.15, 0.2) is 5.78 Å². The Balaban J connectivity index is 3.02. The molecule has 1 amide bonds. The van der Waals surface area contributed by atoms with E-state index < -0.39 is 0 Å². The predicted octanol–water partition coefficient (Wildman–Crippen LogP) is 0.168. The lowest BCUT2D eigenvalue weighted by Gasteiger charge is -2.07. The largest absolute Gasteiger partial charge is 0.377 e. The van der Waals surface area contributed by atoms with Gasteiger partial charge in [-0.15, -0.1) is 0 Å². The average molecular weight is 305 g/mol. The fourth-order valence-electron chi connectivity index (χ4n) is 1.25. The van der Waals surface area contributed by atoms with E-state index in [9.17, 15) is 9.59 Å². The van der Waals surface area contributed by atoms with Crippen LogP contribution in [0.3, 0.4) is 0 Å². The molecule has 1 N–H and O–H groups in total. The second-order valence-electron chi connectivity index (χ2n) is 4.26. The van der Waals surface area contributed by atoms with Crippen molar-refractivity contribution in [1.29, 1.82) is 0 Å². The Bertz CT molecular complexity index is 272. The zero-order chi connectivity index (χ0) is 15.8. The lowest BCUT2D eigenvalue weighted by molar-refractivity contribution is -0.124. The highest BCUT2D eigenvalue weighted by Crippen LogP contribution is 1.85. The Kier molecular flexibility index (Phi) is 14.6. The van der Waals surface area contributed by atoms with Crippen LogP contribution in [-0.2, 0) is 28.5 Å². The summed E-state index contributed by atoms with van der Waals surface area (Å²) in [4.78, 5) is 21.5. The molecule has 0 unspecified atom stereocenters. The number of carbonyl (C=O) groups excluding carboxylic acids is 2. The Morgan fingerprint density at radius 3 is 1.76 bits per heavy atom. The number of rotatable bonds is 15. The summed E-state index contributed by atoms with van der Waals surface area (Å²) in [6.45, 7) is 7.25. The van der Waals surface area contributed by atoms with Gasteiger partial charge in [-0.3, -0.25) is 9.59 Å². The quantitative estimate of drug-likeness (QED) is 0.434. The molecule has 0 rings (SSSR count). The number of Topliss-reactive ketones (excluding diaryl/α,β-unsaturated/α-hetero) is 1. The number of nitrogens with one attached hydrogen (secondary N) is 1. The summed E-state index contributed by atoms with van der Waals surface area (Å²) in [6.07, 6.45) is 0.502. The van der Waals surface area contributed by atoms with Crippen molar-refractivity contribution in [3.63, 3.8) is 0 Å². The fraction of sp³-hybridized carbons (Fsp3) is 0.857. The smallest absolute Gasteiger partial charge is 0.216 e. The summed E-state index contributed by atoms with van der Waals surface area (Å²) in [5, 5.41) is 2.63. The van der Waals surface area contributed by atoms with E-state index >= 15 is 0 Å². The van der Waals surface area contributed by atoms with E-state index in [4.69, 9.17) is 18.9 Å². The first kappa shape index (κ1) is 20.0. The molecule has 21 heavy (non-hydrogen) atoms. The highest BCUT2D eigenvalue weighted by molar-refractivity contribution is 5.79. The number of amides is 1. The number of hydrogen-bond donors (Lipinski definition) is 1. The molecule has 0 aliphatic rings. The van der Waals surface area contributed by atoms with Crippen molar-refractivity contribution in [1.82, 2.24) is 5.32 Å². The third kappa shape index (κ3) is 16.9. The topological polar surface area (TPSA) is 83.1 Å². The molecule has 0 spiro atoms. The molecule has 0 atom stereocenters. The maximum atomic E-state index is 10.9. The van der Waals surface area contributed by atoms with E-state index in [0.717, 1.165) is 0 Å². The van der Waals surface area contributed by atoms with E-state index in [-0.39, 0.29) is 18.3 Å². The van der Waals surface area contributed by atoms with Gasteiger partial charge in [-0.05, 0) is 0 Å². The van der Waals surface area contributed by atoms with Crippen LogP contribution in [0.4, 0.5) is 0 Å². The van der Waals surface area contributed by atoms with Crippen molar-refractivity contribution < 1.29 is 28.5 Å². The lowest BCUT2D eigenvalue weighted by Crippen LogP contribution is -2.25. The lowest BCUT2D eigenvalue weighted by atomic mass is 10.3. The Hall–Kier alpha value is -1.02. The Morgan fingerprint density at radius 1 is 0.810 bits per heavy atom. The van der Waals surface area contributed by atoms with Crippen molar-refractivity contribution in [2.24, 2.45) is 0 Å². The zero-order valence-electron chi connectivity index (χ0n) is 13.0. The molecule has 0 saturated heterocycles. The van der Waals surface area contributed by atoms with Crippen molar-refractivity contribution in [3.8, 4) is 0 Å². The van der Waals surface area contributed by atoms with Crippen LogP contribution in [0.5, 0.6) is 0 Å². The number of ether oxygens (including phenoxy) is 4. The molecular formula is C14H27NO6. The second-order valence-corrected chi connectivity index (χ2v) is 4.26. The van der Waals surface area contributed by atoms with Gasteiger partial charge < -0.3 is 24.3 Å². The summed E-state index contributed by atoms with van der Waals surface area (Å²) < 4.78 is 20.9. The minimum absolute atomic E-state index is 0.0601. The number of ketones is 1. The molecule has 7 nitrogen and oxygen atoms in total. The first-order chi connectivity index (χ1) is 10.2. The highest BCUT2D eigenvalue weighted by atomic mass is 16.6. The first-order valence-electron chi connectivity index (χ1n) is 7.24. The van der Waals surface area contributed by atoms with Crippen LogP contribution in [0, 0.1) is 0 Å². The van der Waals surface area contributed by atoms with Crippen LogP contribution in [0.25, 0.3) is 0 Å². The second kappa shape index (κ2) is 15.4. The van der Waals surface area contributed by atoms with Gasteiger partial charge in [-0.1, -0.05) is 6.92 Å². The number of hydrogen-bond acceptors (Lipinski definition) is 6. The van der Waals surface area contributed by atoms with Gasteiger partial charge in [0, 0.05) is 19.9 Å².